The molecule has 92 valence electrons. The highest BCUT2D eigenvalue weighted by atomic mass is 16.5. The number of nitrogens with one attached hydrogen (secondary N) is 1. The van der Waals surface area contributed by atoms with Gasteiger partial charge in [-0.2, -0.15) is 0 Å². The van der Waals surface area contributed by atoms with Gasteiger partial charge in [0.05, 0.1) is 6.20 Å². The van der Waals surface area contributed by atoms with Gasteiger partial charge in [0.25, 0.3) is 5.91 Å². The molecule has 4 heterocycles. The van der Waals surface area contributed by atoms with E-state index in [0.29, 0.717) is 17.7 Å². The van der Waals surface area contributed by atoms with Gasteiger partial charge in [0.1, 0.15) is 0 Å². The van der Waals surface area contributed by atoms with Gasteiger partial charge in [-0.15, -0.1) is 0 Å². The maximum Gasteiger partial charge on any atom is 0.292 e. The molecule has 4 rings (SSSR count). The lowest BCUT2D eigenvalue weighted by Gasteiger charge is -2.22. The molecular formula is C12H17N3O2. The molecule has 2 bridgehead atoms. The molecule has 0 radical (unpaired) electrons. The van der Waals surface area contributed by atoms with Crippen LogP contribution in [-0.4, -0.2) is 41.6 Å². The van der Waals surface area contributed by atoms with Gasteiger partial charge in [-0.05, 0) is 32.2 Å². The summed E-state index contributed by atoms with van der Waals surface area (Å²) in [6.07, 6.45) is 3.98. The zero-order chi connectivity index (χ0) is 11.8. The summed E-state index contributed by atoms with van der Waals surface area (Å²) in [5, 5.41) is 7.16. The standard InChI is InChI=1S/C12H17N3O2/c1-8-4-14-17-11(8)12(16)15-6-9-2-3-10(7-15)13-5-9/h4,9-10,13H,2-3,5-7H2,1H3. The Balaban J connectivity index is 1.80. The average molecular weight is 235 g/mol. The molecule has 3 fully saturated rings. The molecule has 5 heteroatoms. The Morgan fingerprint density at radius 3 is 3.06 bits per heavy atom. The molecule has 3 aliphatic rings. The first-order valence-corrected chi connectivity index (χ1v) is 6.18. The number of aryl methyl sites for hydroxylation is 1. The van der Waals surface area contributed by atoms with Crippen molar-refractivity contribution in [3.05, 3.63) is 17.5 Å². The summed E-state index contributed by atoms with van der Waals surface area (Å²) in [6.45, 7) is 4.51. The van der Waals surface area contributed by atoms with Gasteiger partial charge in [0.2, 0.25) is 5.76 Å². The smallest absolute Gasteiger partial charge is 0.292 e. The van der Waals surface area contributed by atoms with Crippen LogP contribution in [0.5, 0.6) is 0 Å². The normalized spacial score (nSPS) is 28.2. The molecule has 5 nitrogen and oxygen atoms in total. The maximum atomic E-state index is 12.3. The predicted molar refractivity (Wildman–Crippen MR) is 61.7 cm³/mol. The summed E-state index contributed by atoms with van der Waals surface area (Å²) in [7, 11) is 0. The van der Waals surface area contributed by atoms with Crippen LogP contribution in [0.3, 0.4) is 0 Å². The minimum absolute atomic E-state index is 0.0133. The summed E-state index contributed by atoms with van der Waals surface area (Å²) in [5.41, 5.74) is 0.819. The third-order valence-corrected chi connectivity index (χ3v) is 3.77. The van der Waals surface area contributed by atoms with Crippen molar-refractivity contribution in [2.24, 2.45) is 5.92 Å². The number of nitrogens with zero attached hydrogens (tertiary/aromatic N) is 2. The highest BCUT2D eigenvalue weighted by Crippen LogP contribution is 2.23. The van der Waals surface area contributed by atoms with Gasteiger partial charge in [-0.1, -0.05) is 5.16 Å². The molecule has 0 saturated carbocycles. The van der Waals surface area contributed by atoms with E-state index < -0.39 is 0 Å². The molecule has 0 spiro atoms. The minimum Gasteiger partial charge on any atom is -0.351 e. The van der Waals surface area contributed by atoms with Gasteiger partial charge in [0.15, 0.2) is 0 Å². The van der Waals surface area contributed by atoms with E-state index in [2.05, 4.69) is 10.5 Å². The average Bonchev–Trinajstić information content (AvgIpc) is 2.57. The number of hydrogen-bond donors (Lipinski definition) is 1. The van der Waals surface area contributed by atoms with Crippen LogP contribution in [0.1, 0.15) is 29.0 Å². The fourth-order valence-corrected chi connectivity index (χ4v) is 2.74. The third-order valence-electron chi connectivity index (χ3n) is 3.77. The van der Waals surface area contributed by atoms with Crippen LogP contribution in [0.25, 0.3) is 0 Å². The van der Waals surface area contributed by atoms with Crippen LogP contribution < -0.4 is 5.32 Å². The molecule has 1 aromatic rings. The second-order valence-electron chi connectivity index (χ2n) is 5.10. The van der Waals surface area contributed by atoms with Crippen molar-refractivity contribution in [2.45, 2.75) is 25.8 Å². The molecule has 1 amide bonds. The zero-order valence-electron chi connectivity index (χ0n) is 9.98. The van der Waals surface area contributed by atoms with Crippen LogP contribution in [0.2, 0.25) is 0 Å². The van der Waals surface area contributed by atoms with Crippen molar-refractivity contribution >= 4 is 5.91 Å². The number of amides is 1. The quantitative estimate of drug-likeness (QED) is 0.782. The predicted octanol–water partition coefficient (Wildman–Crippen LogP) is 0.807. The monoisotopic (exact) mass is 235 g/mol. The summed E-state index contributed by atoms with van der Waals surface area (Å²) in [5.74, 6) is 0.966. The van der Waals surface area contributed by atoms with E-state index in [4.69, 9.17) is 4.52 Å². The van der Waals surface area contributed by atoms with Crippen molar-refractivity contribution in [2.75, 3.05) is 19.6 Å². The molecule has 0 aliphatic carbocycles. The van der Waals surface area contributed by atoms with Crippen molar-refractivity contribution in [3.63, 3.8) is 0 Å². The number of fused-ring (bicyclic) bond motifs is 4. The lowest BCUT2D eigenvalue weighted by molar-refractivity contribution is 0.0705. The van der Waals surface area contributed by atoms with Crippen LogP contribution in [-0.2, 0) is 0 Å². The maximum absolute atomic E-state index is 12.3. The third kappa shape index (κ3) is 1.95. The van der Waals surface area contributed by atoms with E-state index in [1.165, 1.54) is 12.8 Å². The number of hydrogen-bond acceptors (Lipinski definition) is 4. The van der Waals surface area contributed by atoms with Crippen molar-refractivity contribution in [3.8, 4) is 0 Å². The molecule has 2 unspecified atom stereocenters. The Morgan fingerprint density at radius 2 is 2.41 bits per heavy atom. The van der Waals surface area contributed by atoms with Gasteiger partial charge in [-0.25, -0.2) is 0 Å². The summed E-state index contributed by atoms with van der Waals surface area (Å²) < 4.78 is 5.05. The topological polar surface area (TPSA) is 58.4 Å². The number of piperidine rings is 1. The van der Waals surface area contributed by atoms with Gasteiger partial charge >= 0.3 is 0 Å². The van der Waals surface area contributed by atoms with E-state index in [1.54, 1.807) is 6.20 Å². The van der Waals surface area contributed by atoms with Crippen molar-refractivity contribution < 1.29 is 9.32 Å². The minimum atomic E-state index is -0.0133. The number of carbonyl (C=O) groups excluding carboxylic acids is 1. The fraction of sp³-hybridized carbons (Fsp3) is 0.667. The molecule has 0 aromatic carbocycles. The van der Waals surface area contributed by atoms with Crippen LogP contribution in [0.15, 0.2) is 10.7 Å². The van der Waals surface area contributed by atoms with Crippen molar-refractivity contribution in [1.29, 1.82) is 0 Å². The Hall–Kier alpha value is -1.36. The molecule has 1 aromatic heterocycles. The highest BCUT2D eigenvalue weighted by Gasteiger charge is 2.33. The van der Waals surface area contributed by atoms with Crippen molar-refractivity contribution in [1.82, 2.24) is 15.4 Å². The molecule has 3 aliphatic heterocycles. The van der Waals surface area contributed by atoms with Gasteiger partial charge in [0, 0.05) is 24.7 Å². The molecule has 1 N–H and O–H groups in total. The second kappa shape index (κ2) is 4.14. The second-order valence-corrected chi connectivity index (χ2v) is 5.10. The first-order valence-electron chi connectivity index (χ1n) is 6.18. The molecular weight excluding hydrogens is 218 g/mol. The van der Waals surface area contributed by atoms with Gasteiger partial charge in [-0.3, -0.25) is 4.79 Å². The van der Waals surface area contributed by atoms with E-state index >= 15 is 0 Å². The summed E-state index contributed by atoms with van der Waals surface area (Å²) in [4.78, 5) is 14.2. The zero-order valence-corrected chi connectivity index (χ0v) is 9.98. The van der Waals surface area contributed by atoms with E-state index in [1.807, 2.05) is 11.8 Å². The molecule has 3 saturated heterocycles. The van der Waals surface area contributed by atoms with Crippen LogP contribution in [0.4, 0.5) is 0 Å². The van der Waals surface area contributed by atoms with E-state index in [9.17, 15) is 4.79 Å². The van der Waals surface area contributed by atoms with E-state index in [-0.39, 0.29) is 5.91 Å². The van der Waals surface area contributed by atoms with Crippen LogP contribution in [0, 0.1) is 12.8 Å². The van der Waals surface area contributed by atoms with E-state index in [0.717, 1.165) is 25.2 Å². The lowest BCUT2D eigenvalue weighted by Crippen LogP contribution is -2.40. The summed E-state index contributed by atoms with van der Waals surface area (Å²) >= 11 is 0. The first-order chi connectivity index (χ1) is 8.24. The Kier molecular flexibility index (Phi) is 2.63. The Morgan fingerprint density at radius 1 is 1.53 bits per heavy atom. The number of carbonyl (C=O) groups is 1. The lowest BCUT2D eigenvalue weighted by atomic mass is 9.97. The molecule has 2 atom stereocenters. The van der Waals surface area contributed by atoms with Crippen LogP contribution >= 0.6 is 0 Å². The van der Waals surface area contributed by atoms with Gasteiger partial charge < -0.3 is 14.7 Å². The fourth-order valence-electron chi connectivity index (χ4n) is 2.74. The first kappa shape index (κ1) is 10.8. The Labute approximate surface area is 100 Å². The number of rotatable bonds is 1. The Bertz CT molecular complexity index is 407. The largest absolute Gasteiger partial charge is 0.351 e. The number of aromatic nitrogens is 1. The SMILES string of the molecule is Cc1cnoc1C(=O)N1CC2CCC(C1)NC2. The molecule has 17 heavy (non-hydrogen) atoms. The summed E-state index contributed by atoms with van der Waals surface area (Å²) in [6, 6.07) is 0.445. The highest BCUT2D eigenvalue weighted by molar-refractivity contribution is 5.92.